The van der Waals surface area contributed by atoms with Crippen molar-refractivity contribution in [3.63, 3.8) is 0 Å². The summed E-state index contributed by atoms with van der Waals surface area (Å²) in [6.07, 6.45) is 2.60. The number of carbonyl (C=O) groups is 1. The molecular weight excluding hydrogens is 378 g/mol. The van der Waals surface area contributed by atoms with Gasteiger partial charge in [0.05, 0.1) is 25.2 Å². The molecule has 1 aliphatic carbocycles. The van der Waals surface area contributed by atoms with Crippen LogP contribution in [0.2, 0.25) is 0 Å². The summed E-state index contributed by atoms with van der Waals surface area (Å²) in [5.74, 6) is 1.30. The lowest BCUT2D eigenvalue weighted by Crippen LogP contribution is -2.52. The zero-order valence-electron chi connectivity index (χ0n) is 16.4. The van der Waals surface area contributed by atoms with Crippen molar-refractivity contribution < 1.29 is 17.9 Å². The summed E-state index contributed by atoms with van der Waals surface area (Å²) in [6, 6.07) is 8.18. The molecule has 2 heterocycles. The molecule has 8 heteroatoms. The van der Waals surface area contributed by atoms with Crippen molar-refractivity contribution in [3.8, 4) is 5.75 Å². The molecule has 3 fully saturated rings. The Morgan fingerprint density at radius 1 is 1.14 bits per heavy atom. The lowest BCUT2D eigenvalue weighted by atomic mass is 10.2. The Morgan fingerprint density at radius 2 is 1.89 bits per heavy atom. The zero-order chi connectivity index (χ0) is 19.7. The fraction of sp³-hybridized carbons (Fsp3) is 0.650. The van der Waals surface area contributed by atoms with Crippen LogP contribution in [0.15, 0.2) is 24.3 Å². The number of amides is 1. The third kappa shape index (κ3) is 4.43. The predicted octanol–water partition coefficient (Wildman–Crippen LogP) is 0.995. The van der Waals surface area contributed by atoms with Crippen LogP contribution in [0.1, 0.15) is 19.3 Å². The van der Waals surface area contributed by atoms with E-state index in [2.05, 4.69) is 15.9 Å². The van der Waals surface area contributed by atoms with Gasteiger partial charge in [-0.3, -0.25) is 9.69 Å². The molecule has 0 spiro atoms. The van der Waals surface area contributed by atoms with E-state index in [4.69, 9.17) is 4.74 Å². The topological polar surface area (TPSA) is 70.2 Å². The third-order valence-electron chi connectivity index (χ3n) is 5.98. The van der Waals surface area contributed by atoms with Crippen LogP contribution in [0.25, 0.3) is 0 Å². The van der Waals surface area contributed by atoms with Crippen molar-refractivity contribution >= 4 is 21.4 Å². The highest BCUT2D eigenvalue weighted by Gasteiger charge is 2.42. The Bertz CT molecular complexity index is 816. The second-order valence-corrected chi connectivity index (χ2v) is 10.3. The molecule has 0 N–H and O–H groups in total. The van der Waals surface area contributed by atoms with E-state index >= 15 is 0 Å². The van der Waals surface area contributed by atoms with E-state index < -0.39 is 9.84 Å². The van der Waals surface area contributed by atoms with Gasteiger partial charge in [-0.05, 0) is 31.4 Å². The molecule has 2 aliphatic heterocycles. The fourth-order valence-corrected chi connectivity index (χ4v) is 6.01. The summed E-state index contributed by atoms with van der Waals surface area (Å²) >= 11 is 0. The lowest BCUT2D eigenvalue weighted by molar-refractivity contribution is -0.135. The van der Waals surface area contributed by atoms with Gasteiger partial charge in [0.25, 0.3) is 0 Å². The van der Waals surface area contributed by atoms with Crippen LogP contribution in [0, 0.1) is 0 Å². The second-order valence-electron chi connectivity index (χ2n) is 8.05. The Kier molecular flexibility index (Phi) is 5.51. The van der Waals surface area contributed by atoms with E-state index in [0.717, 1.165) is 50.5 Å². The van der Waals surface area contributed by atoms with Crippen molar-refractivity contribution in [3.05, 3.63) is 24.3 Å². The first kappa shape index (κ1) is 19.5. The van der Waals surface area contributed by atoms with Gasteiger partial charge in [0.1, 0.15) is 5.75 Å². The minimum atomic E-state index is -2.98. The Morgan fingerprint density at radius 3 is 2.50 bits per heavy atom. The van der Waals surface area contributed by atoms with Crippen LogP contribution < -0.4 is 9.64 Å². The highest BCUT2D eigenvalue weighted by molar-refractivity contribution is 7.91. The molecular formula is C20H29N3O4S. The molecule has 0 unspecified atom stereocenters. The fourth-order valence-electron chi connectivity index (χ4n) is 4.30. The predicted molar refractivity (Wildman–Crippen MR) is 109 cm³/mol. The van der Waals surface area contributed by atoms with Crippen LogP contribution in [0.5, 0.6) is 5.75 Å². The van der Waals surface area contributed by atoms with E-state index in [1.165, 1.54) is 0 Å². The number of piperazine rings is 1. The smallest absolute Gasteiger partial charge is 0.237 e. The van der Waals surface area contributed by atoms with Crippen LogP contribution in [0.3, 0.4) is 0 Å². The van der Waals surface area contributed by atoms with Crippen LogP contribution >= 0.6 is 0 Å². The zero-order valence-corrected chi connectivity index (χ0v) is 17.2. The number of ether oxygens (including phenoxy) is 1. The maximum absolute atomic E-state index is 13.0. The first-order valence-corrected chi connectivity index (χ1v) is 11.9. The standard InChI is InChI=1S/C20H29N3O4S/c1-27-19-4-2-3-17(13-19)22-10-8-21(9-11-22)14-20(24)23(16-5-6-16)18-7-12-28(25,26)15-18/h2-4,13,16,18H,5-12,14-15H2,1H3/t18-/m0/s1. The number of nitrogens with zero attached hydrogens (tertiary/aromatic N) is 3. The average molecular weight is 408 g/mol. The Balaban J connectivity index is 1.33. The van der Waals surface area contributed by atoms with E-state index in [9.17, 15) is 13.2 Å². The van der Waals surface area contributed by atoms with E-state index in [1.54, 1.807) is 7.11 Å². The van der Waals surface area contributed by atoms with Gasteiger partial charge in [-0.1, -0.05) is 6.07 Å². The van der Waals surface area contributed by atoms with Gasteiger partial charge < -0.3 is 14.5 Å². The minimum Gasteiger partial charge on any atom is -0.497 e. The monoisotopic (exact) mass is 407 g/mol. The summed E-state index contributed by atoms with van der Waals surface area (Å²) in [7, 11) is -1.31. The summed E-state index contributed by atoms with van der Waals surface area (Å²) in [4.78, 5) is 19.4. The third-order valence-corrected chi connectivity index (χ3v) is 7.73. The van der Waals surface area contributed by atoms with Crippen LogP contribution in [-0.4, -0.2) is 87.5 Å². The molecule has 0 bridgehead atoms. The number of rotatable bonds is 6. The van der Waals surface area contributed by atoms with Crippen molar-refractivity contribution in [2.45, 2.75) is 31.3 Å². The van der Waals surface area contributed by atoms with Gasteiger partial charge in [-0.2, -0.15) is 0 Å². The van der Waals surface area contributed by atoms with Crippen LogP contribution in [-0.2, 0) is 14.6 Å². The van der Waals surface area contributed by atoms with Crippen molar-refractivity contribution in [1.29, 1.82) is 0 Å². The van der Waals surface area contributed by atoms with Gasteiger partial charge in [0, 0.05) is 50.0 Å². The molecule has 1 aromatic carbocycles. The number of methoxy groups -OCH3 is 1. The van der Waals surface area contributed by atoms with Gasteiger partial charge in [0.15, 0.2) is 9.84 Å². The maximum atomic E-state index is 13.0. The largest absolute Gasteiger partial charge is 0.497 e. The highest BCUT2D eigenvalue weighted by atomic mass is 32.2. The molecule has 1 aromatic rings. The number of hydrogen-bond acceptors (Lipinski definition) is 6. The molecule has 1 amide bonds. The van der Waals surface area contributed by atoms with Gasteiger partial charge >= 0.3 is 0 Å². The molecule has 154 valence electrons. The number of benzene rings is 1. The van der Waals surface area contributed by atoms with E-state index in [1.807, 2.05) is 23.1 Å². The van der Waals surface area contributed by atoms with Crippen molar-refractivity contribution in [2.24, 2.45) is 0 Å². The van der Waals surface area contributed by atoms with E-state index in [-0.39, 0.29) is 29.5 Å². The maximum Gasteiger partial charge on any atom is 0.237 e. The normalized spacial score (nSPS) is 24.9. The summed E-state index contributed by atoms with van der Waals surface area (Å²) in [6.45, 7) is 3.76. The molecule has 2 saturated heterocycles. The van der Waals surface area contributed by atoms with Crippen molar-refractivity contribution in [1.82, 2.24) is 9.80 Å². The molecule has 1 atom stereocenters. The van der Waals surface area contributed by atoms with Crippen molar-refractivity contribution in [2.75, 3.05) is 56.2 Å². The molecule has 3 aliphatic rings. The number of carbonyl (C=O) groups excluding carboxylic acids is 1. The van der Waals surface area contributed by atoms with Gasteiger partial charge in [0.2, 0.25) is 5.91 Å². The summed E-state index contributed by atoms with van der Waals surface area (Å²) in [5, 5.41) is 0. The molecule has 4 rings (SSSR count). The molecule has 0 radical (unpaired) electrons. The highest BCUT2D eigenvalue weighted by Crippen LogP contribution is 2.32. The second kappa shape index (κ2) is 7.91. The Hall–Kier alpha value is -1.80. The van der Waals surface area contributed by atoms with E-state index in [0.29, 0.717) is 13.0 Å². The quantitative estimate of drug-likeness (QED) is 0.701. The first-order chi connectivity index (χ1) is 13.4. The molecule has 1 saturated carbocycles. The Labute approximate surface area is 167 Å². The number of sulfone groups is 1. The molecule has 28 heavy (non-hydrogen) atoms. The number of hydrogen-bond donors (Lipinski definition) is 0. The van der Waals surface area contributed by atoms with Crippen LogP contribution in [0.4, 0.5) is 5.69 Å². The van der Waals surface area contributed by atoms with Gasteiger partial charge in [-0.25, -0.2) is 8.42 Å². The van der Waals surface area contributed by atoms with Gasteiger partial charge in [-0.15, -0.1) is 0 Å². The summed E-state index contributed by atoms with van der Waals surface area (Å²) in [5.41, 5.74) is 1.14. The average Bonchev–Trinajstić information content (AvgIpc) is 3.45. The summed E-state index contributed by atoms with van der Waals surface area (Å²) < 4.78 is 29.0. The molecule has 0 aromatic heterocycles. The molecule has 7 nitrogen and oxygen atoms in total. The number of anilines is 1. The minimum absolute atomic E-state index is 0.0967. The first-order valence-electron chi connectivity index (χ1n) is 10.1. The SMILES string of the molecule is COc1cccc(N2CCN(CC(=O)N(C3CC3)[C@H]3CCS(=O)(=O)C3)CC2)c1. The lowest BCUT2D eigenvalue weighted by Gasteiger charge is -2.37.